The molecular formula is C37H41Cl3N4O7. The highest BCUT2D eigenvalue weighted by Gasteiger charge is 2.23. The van der Waals surface area contributed by atoms with Crippen molar-refractivity contribution in [3.05, 3.63) is 104 Å². The standard InChI is InChI=1S/C37H41Cl3N4O7/c1-37(22-46,23-47)44-17-27-12-31(38)34(13-33(27)50-20-25-11-24(14-41)15-43-16-25)51-21-26-5-2-6-29(35(26)39)30-7-3-8-32(36(30)40)49-10-4-9-42-18-28(48)19-45/h2-3,5-8,11-13,15-16,28,42,44-48H,4,9-10,17-23H2,1H3/t28-/m0/s1. The molecule has 0 saturated heterocycles. The number of nitrogens with one attached hydrogen (secondary N) is 2. The van der Waals surface area contributed by atoms with Gasteiger partial charge in [0.25, 0.3) is 0 Å². The second kappa shape index (κ2) is 19.8. The summed E-state index contributed by atoms with van der Waals surface area (Å²) in [5.41, 5.74) is 2.85. The average Bonchev–Trinajstić information content (AvgIpc) is 3.15. The fraction of sp³-hybridized carbons (Fsp3) is 0.351. The van der Waals surface area contributed by atoms with E-state index in [2.05, 4.69) is 21.7 Å². The van der Waals surface area contributed by atoms with E-state index in [4.69, 9.17) is 54.1 Å². The van der Waals surface area contributed by atoms with Gasteiger partial charge in [0.15, 0.2) is 0 Å². The van der Waals surface area contributed by atoms with Crippen LogP contribution >= 0.6 is 34.8 Å². The Balaban J connectivity index is 1.50. The van der Waals surface area contributed by atoms with Crippen LogP contribution in [0, 0.1) is 11.3 Å². The number of rotatable bonds is 20. The van der Waals surface area contributed by atoms with Gasteiger partial charge >= 0.3 is 0 Å². The molecule has 0 aliphatic rings. The lowest BCUT2D eigenvalue weighted by Crippen LogP contribution is -2.48. The molecule has 6 N–H and O–H groups in total. The number of pyridine rings is 1. The van der Waals surface area contributed by atoms with Crippen LogP contribution < -0.4 is 24.8 Å². The molecule has 0 radical (unpaired) electrons. The molecule has 0 fully saturated rings. The summed E-state index contributed by atoms with van der Waals surface area (Å²) < 4.78 is 18.3. The van der Waals surface area contributed by atoms with Crippen molar-refractivity contribution < 1.29 is 34.6 Å². The van der Waals surface area contributed by atoms with Gasteiger partial charge in [0, 0.05) is 59.4 Å². The molecule has 0 unspecified atom stereocenters. The first-order valence-electron chi connectivity index (χ1n) is 16.2. The summed E-state index contributed by atoms with van der Waals surface area (Å²) in [7, 11) is 0. The molecule has 11 nitrogen and oxygen atoms in total. The van der Waals surface area contributed by atoms with Crippen LogP contribution in [0.5, 0.6) is 17.2 Å². The van der Waals surface area contributed by atoms with Crippen LogP contribution in [-0.2, 0) is 19.8 Å². The third-order valence-electron chi connectivity index (χ3n) is 7.90. The normalized spacial score (nSPS) is 12.0. The molecule has 0 aliphatic heterocycles. The molecule has 0 amide bonds. The lowest BCUT2D eigenvalue weighted by atomic mass is 10.0. The predicted molar refractivity (Wildman–Crippen MR) is 196 cm³/mol. The zero-order chi connectivity index (χ0) is 36.8. The Morgan fingerprint density at radius 1 is 0.863 bits per heavy atom. The summed E-state index contributed by atoms with van der Waals surface area (Å²) in [5, 5.41) is 54.5. The number of nitriles is 1. The van der Waals surface area contributed by atoms with E-state index >= 15 is 0 Å². The van der Waals surface area contributed by atoms with E-state index in [-0.39, 0.29) is 39.6 Å². The molecule has 1 aromatic heterocycles. The van der Waals surface area contributed by atoms with Crippen molar-refractivity contribution in [2.24, 2.45) is 0 Å². The van der Waals surface area contributed by atoms with Crippen LogP contribution in [0.25, 0.3) is 11.1 Å². The summed E-state index contributed by atoms with van der Waals surface area (Å²) in [5.74, 6) is 1.27. The van der Waals surface area contributed by atoms with Gasteiger partial charge < -0.3 is 45.3 Å². The summed E-state index contributed by atoms with van der Waals surface area (Å²) in [6.45, 7) is 2.48. The number of benzene rings is 3. The molecule has 0 bridgehead atoms. The summed E-state index contributed by atoms with van der Waals surface area (Å²) >= 11 is 20.4. The minimum Gasteiger partial charge on any atom is -0.492 e. The second-order valence-electron chi connectivity index (χ2n) is 12.0. The van der Waals surface area contributed by atoms with E-state index in [1.165, 1.54) is 6.20 Å². The number of halogens is 3. The number of aliphatic hydroxyl groups excluding tert-OH is 4. The van der Waals surface area contributed by atoms with E-state index < -0.39 is 11.6 Å². The van der Waals surface area contributed by atoms with E-state index in [9.17, 15) is 20.6 Å². The molecule has 4 aromatic rings. The predicted octanol–water partition coefficient (Wildman–Crippen LogP) is 5.28. The highest BCUT2D eigenvalue weighted by Crippen LogP contribution is 2.40. The lowest BCUT2D eigenvalue weighted by molar-refractivity contribution is 0.0942. The summed E-state index contributed by atoms with van der Waals surface area (Å²) in [4.78, 5) is 4.09. The Morgan fingerprint density at radius 3 is 2.31 bits per heavy atom. The van der Waals surface area contributed by atoms with Gasteiger partial charge in [0.1, 0.15) is 36.5 Å². The van der Waals surface area contributed by atoms with Crippen molar-refractivity contribution in [2.45, 2.75) is 44.7 Å². The summed E-state index contributed by atoms with van der Waals surface area (Å²) in [6, 6.07) is 18.1. The smallest absolute Gasteiger partial charge is 0.142 e. The van der Waals surface area contributed by atoms with E-state index in [0.29, 0.717) is 91.8 Å². The third kappa shape index (κ3) is 11.4. The molecule has 0 saturated carbocycles. The van der Waals surface area contributed by atoms with Crippen LogP contribution in [0.2, 0.25) is 15.1 Å². The quantitative estimate of drug-likeness (QED) is 0.0649. The maximum absolute atomic E-state index is 9.76. The highest BCUT2D eigenvalue weighted by molar-refractivity contribution is 6.37. The number of hydrogen-bond donors (Lipinski definition) is 6. The molecule has 51 heavy (non-hydrogen) atoms. The Bertz CT molecular complexity index is 1790. The Kier molecular flexibility index (Phi) is 15.6. The van der Waals surface area contributed by atoms with Crippen LogP contribution in [0.4, 0.5) is 0 Å². The van der Waals surface area contributed by atoms with Crippen molar-refractivity contribution in [1.29, 1.82) is 5.26 Å². The maximum Gasteiger partial charge on any atom is 0.142 e. The Morgan fingerprint density at radius 2 is 1.59 bits per heavy atom. The van der Waals surface area contributed by atoms with Gasteiger partial charge in [-0.25, -0.2) is 0 Å². The van der Waals surface area contributed by atoms with Crippen LogP contribution in [-0.4, -0.2) is 76.6 Å². The van der Waals surface area contributed by atoms with Crippen LogP contribution in [0.3, 0.4) is 0 Å². The van der Waals surface area contributed by atoms with Crippen LogP contribution in [0.15, 0.2) is 67.0 Å². The van der Waals surface area contributed by atoms with Gasteiger partial charge in [-0.1, -0.05) is 65.1 Å². The lowest BCUT2D eigenvalue weighted by Gasteiger charge is -2.27. The van der Waals surface area contributed by atoms with E-state index in [1.54, 1.807) is 37.4 Å². The van der Waals surface area contributed by atoms with Gasteiger partial charge in [0.2, 0.25) is 0 Å². The fourth-order valence-electron chi connectivity index (χ4n) is 4.82. The van der Waals surface area contributed by atoms with Crippen molar-refractivity contribution in [3.8, 4) is 34.4 Å². The minimum absolute atomic E-state index is 0.0659. The zero-order valence-corrected chi connectivity index (χ0v) is 30.3. The van der Waals surface area contributed by atoms with Gasteiger partial charge in [0.05, 0.1) is 58.7 Å². The van der Waals surface area contributed by atoms with Gasteiger partial charge in [-0.3, -0.25) is 4.98 Å². The van der Waals surface area contributed by atoms with E-state index in [0.717, 1.165) is 0 Å². The molecular weight excluding hydrogens is 719 g/mol. The molecule has 272 valence electrons. The average molecular weight is 760 g/mol. The first-order valence-corrected chi connectivity index (χ1v) is 17.3. The third-order valence-corrected chi connectivity index (χ3v) is 9.03. The van der Waals surface area contributed by atoms with Crippen molar-refractivity contribution in [1.82, 2.24) is 15.6 Å². The number of aliphatic hydroxyl groups is 4. The monoisotopic (exact) mass is 758 g/mol. The molecule has 4 rings (SSSR count). The Hall–Kier alpha value is -3.67. The minimum atomic E-state index is -0.941. The fourth-order valence-corrected chi connectivity index (χ4v) is 5.62. The largest absolute Gasteiger partial charge is 0.492 e. The molecule has 14 heteroatoms. The SMILES string of the molecule is CC(CO)(CO)NCc1cc(Cl)c(OCc2cccc(-c3cccc(OCCCNC[C@H](O)CO)c3Cl)c2Cl)cc1OCc1cncc(C#N)c1. The second-order valence-corrected chi connectivity index (χ2v) is 13.2. The van der Waals surface area contributed by atoms with Crippen LogP contribution in [0.1, 0.15) is 35.6 Å². The topological polar surface area (TPSA) is 169 Å². The van der Waals surface area contributed by atoms with Crippen molar-refractivity contribution in [3.63, 3.8) is 0 Å². The zero-order valence-electron chi connectivity index (χ0n) is 28.0. The molecule has 1 atom stereocenters. The first-order chi connectivity index (χ1) is 24.6. The van der Waals surface area contributed by atoms with Gasteiger partial charge in [-0.15, -0.1) is 0 Å². The van der Waals surface area contributed by atoms with Gasteiger partial charge in [-0.2, -0.15) is 5.26 Å². The number of aromatic nitrogens is 1. The molecule has 3 aromatic carbocycles. The van der Waals surface area contributed by atoms with Gasteiger partial charge in [-0.05, 0) is 38.1 Å². The number of nitrogens with zero attached hydrogens (tertiary/aromatic N) is 2. The summed E-state index contributed by atoms with van der Waals surface area (Å²) in [6.07, 6.45) is 2.94. The maximum atomic E-state index is 9.76. The number of hydrogen-bond acceptors (Lipinski definition) is 11. The Labute approximate surface area is 312 Å². The highest BCUT2D eigenvalue weighted by atomic mass is 35.5. The molecule has 1 heterocycles. The molecule has 0 spiro atoms. The van der Waals surface area contributed by atoms with Crippen molar-refractivity contribution in [2.75, 3.05) is 39.5 Å². The van der Waals surface area contributed by atoms with Crippen molar-refractivity contribution >= 4 is 34.8 Å². The molecule has 0 aliphatic carbocycles. The first kappa shape index (κ1) is 40.1. The number of ether oxygens (including phenoxy) is 3. The van der Waals surface area contributed by atoms with E-state index in [1.807, 2.05) is 30.3 Å².